The topological polar surface area (TPSA) is 59.0 Å². The lowest BCUT2D eigenvalue weighted by Gasteiger charge is -2.30. The Hall–Kier alpha value is -1.27. The number of rotatable bonds is 7. The standard InChI is InChI=1S/C17H24BrNO4/c1-3-7-23-16-14(18)8-12(9-15(16)22-2)10-19-6-4-5-13(11-19)17(20)21/h8-9,13H,3-7,10-11H2,1-2H3,(H,20,21). The van der Waals surface area contributed by atoms with Gasteiger partial charge in [-0.15, -0.1) is 0 Å². The van der Waals surface area contributed by atoms with E-state index in [0.717, 1.165) is 41.6 Å². The van der Waals surface area contributed by atoms with Crippen molar-refractivity contribution in [2.24, 2.45) is 5.92 Å². The number of ether oxygens (including phenoxy) is 2. The van der Waals surface area contributed by atoms with Crippen molar-refractivity contribution >= 4 is 21.9 Å². The van der Waals surface area contributed by atoms with Gasteiger partial charge in [0.05, 0.1) is 24.1 Å². The molecule has 1 fully saturated rings. The van der Waals surface area contributed by atoms with Crippen molar-refractivity contribution in [3.8, 4) is 11.5 Å². The van der Waals surface area contributed by atoms with E-state index in [1.54, 1.807) is 7.11 Å². The number of likely N-dealkylation sites (tertiary alicyclic amines) is 1. The maximum Gasteiger partial charge on any atom is 0.307 e. The Morgan fingerprint density at radius 3 is 2.91 bits per heavy atom. The van der Waals surface area contributed by atoms with Crippen molar-refractivity contribution < 1.29 is 19.4 Å². The van der Waals surface area contributed by atoms with Crippen LogP contribution in [0.15, 0.2) is 16.6 Å². The van der Waals surface area contributed by atoms with Crippen molar-refractivity contribution in [3.05, 3.63) is 22.2 Å². The predicted octanol–water partition coefficient (Wildman–Crippen LogP) is 3.54. The maximum absolute atomic E-state index is 11.2. The van der Waals surface area contributed by atoms with E-state index in [0.29, 0.717) is 25.4 Å². The molecule has 0 amide bonds. The highest BCUT2D eigenvalue weighted by molar-refractivity contribution is 9.10. The molecular formula is C17H24BrNO4. The van der Waals surface area contributed by atoms with Crippen LogP contribution in [0.2, 0.25) is 0 Å². The summed E-state index contributed by atoms with van der Waals surface area (Å²) < 4.78 is 12.1. The molecule has 0 saturated carbocycles. The van der Waals surface area contributed by atoms with Gasteiger partial charge < -0.3 is 14.6 Å². The minimum absolute atomic E-state index is 0.263. The third-order valence-electron chi connectivity index (χ3n) is 4.00. The van der Waals surface area contributed by atoms with Gasteiger partial charge in [0, 0.05) is 13.1 Å². The number of benzene rings is 1. The normalized spacial score (nSPS) is 18.7. The molecule has 5 nitrogen and oxygen atoms in total. The number of halogens is 1. The quantitative estimate of drug-likeness (QED) is 0.777. The van der Waals surface area contributed by atoms with Gasteiger partial charge in [-0.2, -0.15) is 0 Å². The van der Waals surface area contributed by atoms with Crippen LogP contribution >= 0.6 is 15.9 Å². The number of aliphatic carboxylic acids is 1. The second-order valence-electron chi connectivity index (χ2n) is 5.87. The van der Waals surface area contributed by atoms with Crippen molar-refractivity contribution in [1.82, 2.24) is 4.90 Å². The van der Waals surface area contributed by atoms with E-state index in [9.17, 15) is 9.90 Å². The molecule has 1 saturated heterocycles. The molecule has 1 aromatic rings. The number of carboxylic acid groups (broad SMARTS) is 1. The van der Waals surface area contributed by atoms with E-state index in [2.05, 4.69) is 27.8 Å². The van der Waals surface area contributed by atoms with Gasteiger partial charge in [0.1, 0.15) is 0 Å². The van der Waals surface area contributed by atoms with E-state index >= 15 is 0 Å². The zero-order valence-corrected chi connectivity index (χ0v) is 15.3. The monoisotopic (exact) mass is 385 g/mol. The van der Waals surface area contributed by atoms with E-state index in [1.807, 2.05) is 12.1 Å². The summed E-state index contributed by atoms with van der Waals surface area (Å²) in [5.41, 5.74) is 1.09. The largest absolute Gasteiger partial charge is 0.493 e. The Kier molecular flexibility index (Phi) is 6.72. The third-order valence-corrected chi connectivity index (χ3v) is 4.59. The van der Waals surface area contributed by atoms with Gasteiger partial charge in [-0.1, -0.05) is 6.92 Å². The fraction of sp³-hybridized carbons (Fsp3) is 0.588. The molecule has 1 heterocycles. The van der Waals surface area contributed by atoms with Gasteiger partial charge in [-0.3, -0.25) is 9.69 Å². The van der Waals surface area contributed by atoms with Crippen molar-refractivity contribution in [2.45, 2.75) is 32.7 Å². The Morgan fingerprint density at radius 2 is 2.26 bits per heavy atom. The van der Waals surface area contributed by atoms with Gasteiger partial charge in [-0.05, 0) is 59.4 Å². The Labute approximate surface area is 145 Å². The molecule has 0 aromatic heterocycles. The Balaban J connectivity index is 2.10. The summed E-state index contributed by atoms with van der Waals surface area (Å²) >= 11 is 3.55. The molecule has 0 bridgehead atoms. The lowest BCUT2D eigenvalue weighted by atomic mass is 9.98. The molecule has 2 rings (SSSR count). The molecule has 0 radical (unpaired) electrons. The summed E-state index contributed by atoms with van der Waals surface area (Å²) in [5.74, 6) is 0.466. The first-order valence-corrected chi connectivity index (χ1v) is 8.78. The highest BCUT2D eigenvalue weighted by Crippen LogP contribution is 2.37. The molecule has 0 aliphatic carbocycles. The maximum atomic E-state index is 11.2. The first-order chi connectivity index (χ1) is 11.0. The van der Waals surface area contributed by atoms with Gasteiger partial charge >= 0.3 is 5.97 Å². The second kappa shape index (κ2) is 8.55. The van der Waals surface area contributed by atoms with Crippen LogP contribution in [0.4, 0.5) is 0 Å². The summed E-state index contributed by atoms with van der Waals surface area (Å²) in [6.45, 7) is 4.94. The van der Waals surface area contributed by atoms with Gasteiger partial charge in [-0.25, -0.2) is 0 Å². The zero-order chi connectivity index (χ0) is 16.8. The summed E-state index contributed by atoms with van der Waals surface area (Å²) in [4.78, 5) is 13.4. The van der Waals surface area contributed by atoms with E-state index in [4.69, 9.17) is 9.47 Å². The number of hydrogen-bond donors (Lipinski definition) is 1. The fourth-order valence-corrected chi connectivity index (χ4v) is 3.47. The number of nitrogens with zero attached hydrogens (tertiary/aromatic N) is 1. The number of carboxylic acids is 1. The van der Waals surface area contributed by atoms with Gasteiger partial charge in [0.25, 0.3) is 0 Å². The Morgan fingerprint density at radius 1 is 1.48 bits per heavy atom. The van der Waals surface area contributed by atoms with Gasteiger partial charge in [0.15, 0.2) is 11.5 Å². The molecule has 6 heteroatoms. The van der Waals surface area contributed by atoms with E-state index < -0.39 is 5.97 Å². The fourth-order valence-electron chi connectivity index (χ4n) is 2.87. The summed E-state index contributed by atoms with van der Waals surface area (Å²) in [6, 6.07) is 4.00. The lowest BCUT2D eigenvalue weighted by molar-refractivity contribution is -0.143. The van der Waals surface area contributed by atoms with Crippen molar-refractivity contribution in [2.75, 3.05) is 26.8 Å². The molecule has 23 heavy (non-hydrogen) atoms. The third kappa shape index (κ3) is 4.85. The molecule has 0 spiro atoms. The lowest BCUT2D eigenvalue weighted by Crippen LogP contribution is -2.38. The number of piperidine rings is 1. The van der Waals surface area contributed by atoms with Crippen LogP contribution < -0.4 is 9.47 Å². The highest BCUT2D eigenvalue weighted by Gasteiger charge is 2.25. The van der Waals surface area contributed by atoms with Crippen LogP contribution in [0.1, 0.15) is 31.7 Å². The highest BCUT2D eigenvalue weighted by atomic mass is 79.9. The van der Waals surface area contributed by atoms with Crippen molar-refractivity contribution in [3.63, 3.8) is 0 Å². The van der Waals surface area contributed by atoms with Crippen molar-refractivity contribution in [1.29, 1.82) is 0 Å². The summed E-state index contributed by atoms with van der Waals surface area (Å²) in [7, 11) is 1.63. The van der Waals surface area contributed by atoms with Crippen LogP contribution in [0, 0.1) is 5.92 Å². The number of carbonyl (C=O) groups is 1. The zero-order valence-electron chi connectivity index (χ0n) is 13.7. The van der Waals surface area contributed by atoms with Crippen LogP contribution in [0.3, 0.4) is 0 Å². The molecule has 1 unspecified atom stereocenters. The first kappa shape index (κ1) is 18.1. The van der Waals surface area contributed by atoms with Crippen LogP contribution in [0.5, 0.6) is 11.5 Å². The molecule has 1 aliphatic heterocycles. The average Bonchev–Trinajstić information content (AvgIpc) is 2.53. The minimum Gasteiger partial charge on any atom is -0.493 e. The molecule has 1 atom stereocenters. The van der Waals surface area contributed by atoms with Crippen LogP contribution in [0.25, 0.3) is 0 Å². The van der Waals surface area contributed by atoms with Crippen LogP contribution in [-0.2, 0) is 11.3 Å². The summed E-state index contributed by atoms with van der Waals surface area (Å²) in [5, 5.41) is 9.20. The smallest absolute Gasteiger partial charge is 0.307 e. The summed E-state index contributed by atoms with van der Waals surface area (Å²) in [6.07, 6.45) is 2.62. The Bertz CT molecular complexity index is 550. The number of methoxy groups -OCH3 is 1. The molecule has 1 aliphatic rings. The molecule has 128 valence electrons. The average molecular weight is 386 g/mol. The minimum atomic E-state index is -0.697. The van der Waals surface area contributed by atoms with Crippen LogP contribution in [-0.4, -0.2) is 42.8 Å². The number of hydrogen-bond acceptors (Lipinski definition) is 4. The molecule has 1 aromatic carbocycles. The van der Waals surface area contributed by atoms with Gasteiger partial charge in [0.2, 0.25) is 0 Å². The van der Waals surface area contributed by atoms with E-state index in [-0.39, 0.29) is 5.92 Å². The first-order valence-electron chi connectivity index (χ1n) is 7.99. The predicted molar refractivity (Wildman–Crippen MR) is 92.1 cm³/mol. The second-order valence-corrected chi connectivity index (χ2v) is 6.72. The van der Waals surface area contributed by atoms with E-state index in [1.165, 1.54) is 0 Å². The molecular weight excluding hydrogens is 362 g/mol. The molecule has 1 N–H and O–H groups in total. The SMILES string of the molecule is CCCOc1c(Br)cc(CN2CCCC(C(=O)O)C2)cc1OC.